The second kappa shape index (κ2) is 5.15. The Morgan fingerprint density at radius 2 is 2.15 bits per heavy atom. The lowest BCUT2D eigenvalue weighted by Crippen LogP contribution is -2.40. The van der Waals surface area contributed by atoms with Crippen LogP contribution in [0.3, 0.4) is 0 Å². The summed E-state index contributed by atoms with van der Waals surface area (Å²) in [7, 11) is -2.42. The molecule has 0 radical (unpaired) electrons. The molecule has 13 heavy (non-hydrogen) atoms. The molecule has 0 aromatic carbocycles. The number of carbonyl (C=O) groups excluding carboxylic acids is 1. The molecule has 0 spiro atoms. The van der Waals surface area contributed by atoms with E-state index in [-0.39, 0.29) is 0 Å². The van der Waals surface area contributed by atoms with Gasteiger partial charge in [-0.05, 0) is 6.92 Å². The van der Waals surface area contributed by atoms with Gasteiger partial charge in [0.15, 0.2) is 0 Å². The van der Waals surface area contributed by atoms with Crippen molar-refractivity contribution in [2.24, 2.45) is 0 Å². The molecule has 0 aliphatic rings. The van der Waals surface area contributed by atoms with E-state index < -0.39 is 34.4 Å². The molecule has 0 rings (SSSR count). The summed E-state index contributed by atoms with van der Waals surface area (Å²) in [5.74, 6) is -1.09. The molecular formula is C6H13NO5S. The highest BCUT2D eigenvalue weighted by molar-refractivity contribution is 7.89. The van der Waals surface area contributed by atoms with Crippen molar-refractivity contribution in [2.45, 2.75) is 13.0 Å². The van der Waals surface area contributed by atoms with E-state index in [1.165, 1.54) is 14.0 Å². The monoisotopic (exact) mass is 211 g/mol. The normalized spacial score (nSPS) is 13.8. The maximum absolute atomic E-state index is 11.0. The molecule has 0 saturated heterocycles. The number of rotatable bonds is 5. The van der Waals surface area contributed by atoms with Crippen molar-refractivity contribution in [3.8, 4) is 0 Å². The molecule has 0 fully saturated rings. The Morgan fingerprint density at radius 1 is 1.62 bits per heavy atom. The number of esters is 1. The summed E-state index contributed by atoms with van der Waals surface area (Å²) in [5, 5.41) is 8.38. The number of aliphatic hydroxyl groups excluding tert-OH is 1. The average Bonchev–Trinajstić information content (AvgIpc) is 2.01. The molecule has 0 amide bonds. The van der Waals surface area contributed by atoms with Crippen molar-refractivity contribution in [1.29, 1.82) is 0 Å². The van der Waals surface area contributed by atoms with E-state index in [1.54, 1.807) is 0 Å². The smallest absolute Gasteiger partial charge is 0.323 e. The number of aliphatic hydroxyl groups is 1. The topological polar surface area (TPSA) is 92.7 Å². The highest BCUT2D eigenvalue weighted by Crippen LogP contribution is 1.91. The predicted octanol–water partition coefficient (Wildman–Crippen LogP) is -1.54. The number of carbonyl (C=O) groups is 1. The first-order chi connectivity index (χ1) is 5.93. The highest BCUT2D eigenvalue weighted by atomic mass is 32.2. The molecule has 0 aliphatic carbocycles. The van der Waals surface area contributed by atoms with Gasteiger partial charge in [-0.1, -0.05) is 0 Å². The molecule has 1 atom stereocenters. The van der Waals surface area contributed by atoms with Gasteiger partial charge in [-0.2, -0.15) is 0 Å². The van der Waals surface area contributed by atoms with Gasteiger partial charge in [0.25, 0.3) is 0 Å². The van der Waals surface area contributed by atoms with Crippen LogP contribution in [-0.2, 0) is 19.6 Å². The fourth-order valence-electron chi connectivity index (χ4n) is 0.673. The van der Waals surface area contributed by atoms with Gasteiger partial charge in [0.05, 0.1) is 19.5 Å². The Bertz CT molecular complexity index is 260. The first-order valence-corrected chi connectivity index (χ1v) is 5.27. The summed E-state index contributed by atoms with van der Waals surface area (Å²) < 4.78 is 28.3. The van der Waals surface area contributed by atoms with Crippen LogP contribution in [0.2, 0.25) is 0 Å². The van der Waals surface area contributed by atoms with Crippen molar-refractivity contribution in [2.75, 3.05) is 19.5 Å². The van der Waals surface area contributed by atoms with Gasteiger partial charge in [-0.3, -0.25) is 4.79 Å². The predicted molar refractivity (Wildman–Crippen MR) is 45.5 cm³/mol. The van der Waals surface area contributed by atoms with Crippen molar-refractivity contribution in [3.05, 3.63) is 0 Å². The van der Waals surface area contributed by atoms with Crippen LogP contribution in [0, 0.1) is 0 Å². The van der Waals surface area contributed by atoms with E-state index in [9.17, 15) is 13.2 Å². The summed E-state index contributed by atoms with van der Waals surface area (Å²) in [4.78, 5) is 10.8. The van der Waals surface area contributed by atoms with Crippen molar-refractivity contribution >= 4 is 16.0 Å². The van der Waals surface area contributed by atoms with Crippen LogP contribution in [0.25, 0.3) is 0 Å². The van der Waals surface area contributed by atoms with Crippen molar-refractivity contribution in [3.63, 3.8) is 0 Å². The van der Waals surface area contributed by atoms with E-state index in [1.807, 2.05) is 4.72 Å². The van der Waals surface area contributed by atoms with Crippen LogP contribution in [0.5, 0.6) is 0 Å². The molecule has 0 saturated carbocycles. The molecule has 2 N–H and O–H groups in total. The largest absolute Gasteiger partial charge is 0.468 e. The molecule has 0 aromatic rings. The third-order valence-electron chi connectivity index (χ3n) is 1.27. The fourth-order valence-corrected chi connectivity index (χ4v) is 1.67. The number of methoxy groups -OCH3 is 1. The SMILES string of the molecule is COC(=O)C(C)NS(=O)(=O)CCO. The molecule has 0 aliphatic heterocycles. The Morgan fingerprint density at radius 3 is 2.54 bits per heavy atom. The minimum absolute atomic E-state index is 0.422. The number of sulfonamides is 1. The molecule has 78 valence electrons. The third-order valence-corrected chi connectivity index (χ3v) is 2.70. The Balaban J connectivity index is 4.20. The molecule has 6 nitrogen and oxygen atoms in total. The lowest BCUT2D eigenvalue weighted by Gasteiger charge is -2.10. The van der Waals surface area contributed by atoms with E-state index in [2.05, 4.69) is 4.74 Å². The van der Waals surface area contributed by atoms with Gasteiger partial charge < -0.3 is 9.84 Å². The molecule has 1 unspecified atom stereocenters. The highest BCUT2D eigenvalue weighted by Gasteiger charge is 2.19. The summed E-state index contributed by atoms with van der Waals surface area (Å²) in [5.41, 5.74) is 0. The van der Waals surface area contributed by atoms with Crippen molar-refractivity contribution in [1.82, 2.24) is 4.72 Å². The van der Waals surface area contributed by atoms with Crippen LogP contribution in [0.4, 0.5) is 0 Å². The van der Waals surface area contributed by atoms with E-state index in [0.717, 1.165) is 0 Å². The number of nitrogens with one attached hydrogen (secondary N) is 1. The number of ether oxygens (including phenoxy) is 1. The summed E-state index contributed by atoms with van der Waals surface area (Å²) in [6, 6.07) is -0.929. The quantitative estimate of drug-likeness (QED) is 0.538. The summed E-state index contributed by atoms with van der Waals surface area (Å²) in [6.07, 6.45) is 0. The third kappa shape index (κ3) is 4.81. The lowest BCUT2D eigenvalue weighted by molar-refractivity contribution is -0.142. The fraction of sp³-hybridized carbons (Fsp3) is 0.833. The van der Waals surface area contributed by atoms with Crippen LogP contribution >= 0.6 is 0 Å². The van der Waals surface area contributed by atoms with Crippen molar-refractivity contribution < 1.29 is 23.1 Å². The minimum Gasteiger partial charge on any atom is -0.468 e. The first kappa shape index (κ1) is 12.3. The van der Waals surface area contributed by atoms with Gasteiger partial charge >= 0.3 is 5.97 Å². The lowest BCUT2D eigenvalue weighted by atomic mass is 10.4. The number of hydrogen-bond donors (Lipinski definition) is 2. The standard InChI is InChI=1S/C6H13NO5S/c1-5(6(9)12-2)7-13(10,11)4-3-8/h5,7-8H,3-4H2,1-2H3. The Labute approximate surface area is 76.9 Å². The Kier molecular flexibility index (Phi) is 4.89. The van der Waals surface area contributed by atoms with Gasteiger partial charge in [0.2, 0.25) is 10.0 Å². The first-order valence-electron chi connectivity index (χ1n) is 3.61. The minimum atomic E-state index is -3.59. The second-order valence-corrected chi connectivity index (χ2v) is 4.28. The van der Waals surface area contributed by atoms with Crippen LogP contribution < -0.4 is 4.72 Å². The van der Waals surface area contributed by atoms with Gasteiger partial charge in [0, 0.05) is 0 Å². The summed E-state index contributed by atoms with van der Waals surface area (Å²) >= 11 is 0. The van der Waals surface area contributed by atoms with E-state index in [4.69, 9.17) is 5.11 Å². The number of hydrogen-bond acceptors (Lipinski definition) is 5. The molecule has 7 heteroatoms. The van der Waals surface area contributed by atoms with Gasteiger partial charge in [-0.25, -0.2) is 13.1 Å². The Hall–Kier alpha value is -0.660. The summed E-state index contributed by atoms with van der Waals surface area (Å²) in [6.45, 7) is 0.879. The van der Waals surface area contributed by atoms with Crippen LogP contribution in [-0.4, -0.2) is 45.0 Å². The van der Waals surface area contributed by atoms with Crippen LogP contribution in [0.15, 0.2) is 0 Å². The van der Waals surface area contributed by atoms with Gasteiger partial charge in [0.1, 0.15) is 6.04 Å². The molecule has 0 bridgehead atoms. The second-order valence-electron chi connectivity index (χ2n) is 2.41. The maximum atomic E-state index is 11.0. The zero-order valence-electron chi connectivity index (χ0n) is 7.48. The zero-order valence-corrected chi connectivity index (χ0v) is 8.30. The average molecular weight is 211 g/mol. The zero-order chi connectivity index (χ0) is 10.5. The van der Waals surface area contributed by atoms with Gasteiger partial charge in [-0.15, -0.1) is 0 Å². The molecule has 0 aromatic heterocycles. The van der Waals surface area contributed by atoms with Crippen LogP contribution in [0.1, 0.15) is 6.92 Å². The molecule has 0 heterocycles. The van der Waals surface area contributed by atoms with E-state index >= 15 is 0 Å². The maximum Gasteiger partial charge on any atom is 0.323 e. The molecular weight excluding hydrogens is 198 g/mol. The van der Waals surface area contributed by atoms with E-state index in [0.29, 0.717) is 0 Å².